The number of likely N-dealkylation sites (tertiary alicyclic amines) is 1. The Hall–Kier alpha value is -2.74. The summed E-state index contributed by atoms with van der Waals surface area (Å²) in [6.45, 7) is 2.87. The third kappa shape index (κ3) is 3.40. The number of anilines is 1. The van der Waals surface area contributed by atoms with Crippen LogP contribution in [0.5, 0.6) is 0 Å². The molecule has 146 valence electrons. The molecule has 6 nitrogen and oxygen atoms in total. The van der Waals surface area contributed by atoms with Gasteiger partial charge in [-0.1, -0.05) is 18.2 Å². The summed E-state index contributed by atoms with van der Waals surface area (Å²) in [6, 6.07) is 11.1. The van der Waals surface area contributed by atoms with Crippen LogP contribution in [0.1, 0.15) is 24.0 Å². The Morgan fingerprint density at radius 2 is 1.89 bits per heavy atom. The van der Waals surface area contributed by atoms with Crippen LogP contribution in [0, 0.1) is 18.7 Å². The lowest BCUT2D eigenvalue weighted by Crippen LogP contribution is -2.41. The molecule has 8 heteroatoms. The van der Waals surface area contributed by atoms with Gasteiger partial charge in [0.15, 0.2) is 5.84 Å². The highest BCUT2D eigenvalue weighted by molar-refractivity contribution is 7.90. The highest BCUT2D eigenvalue weighted by Gasteiger charge is 2.34. The lowest BCUT2D eigenvalue weighted by atomic mass is 9.95. The minimum Gasteiger partial charge on any atom is -0.355 e. The van der Waals surface area contributed by atoms with Crippen molar-refractivity contribution < 1.29 is 17.6 Å². The molecule has 1 fully saturated rings. The van der Waals surface area contributed by atoms with E-state index in [1.165, 1.54) is 12.1 Å². The first-order valence-electron chi connectivity index (χ1n) is 9.11. The number of nitrogens with zero attached hydrogens (tertiary/aromatic N) is 2. The summed E-state index contributed by atoms with van der Waals surface area (Å²) < 4.78 is 41.8. The van der Waals surface area contributed by atoms with Gasteiger partial charge in [-0.3, -0.25) is 4.79 Å². The number of carbonyl (C=O) groups is 1. The molecule has 0 bridgehead atoms. The zero-order valence-electron chi connectivity index (χ0n) is 15.4. The number of halogens is 1. The van der Waals surface area contributed by atoms with Crippen LogP contribution in [0.2, 0.25) is 0 Å². The van der Waals surface area contributed by atoms with E-state index in [1.54, 1.807) is 30.3 Å². The molecule has 2 aliphatic heterocycles. The number of fused-ring (bicyclic) bond motifs is 1. The highest BCUT2D eigenvalue weighted by atomic mass is 32.2. The van der Waals surface area contributed by atoms with E-state index in [0.29, 0.717) is 43.0 Å². The molecule has 0 unspecified atom stereocenters. The molecular formula is C20H20FN3O3S. The topological polar surface area (TPSA) is 78.8 Å². The number of nitrogens with one attached hydrogen (secondary N) is 1. The van der Waals surface area contributed by atoms with Crippen LogP contribution in [0.25, 0.3) is 0 Å². The largest absolute Gasteiger partial charge is 0.355 e. The third-order valence-corrected chi connectivity index (χ3v) is 6.56. The Kier molecular flexibility index (Phi) is 4.66. The normalized spacial score (nSPS) is 18.5. The lowest BCUT2D eigenvalue weighted by molar-refractivity contribution is -0.121. The fraction of sp³-hybridized carbons (Fsp3) is 0.300. The molecule has 0 radical (unpaired) electrons. The van der Waals surface area contributed by atoms with Gasteiger partial charge in [-0.05, 0) is 49.6 Å². The molecule has 0 saturated carbocycles. The van der Waals surface area contributed by atoms with E-state index in [1.807, 2.05) is 11.8 Å². The molecular weight excluding hydrogens is 381 g/mol. The van der Waals surface area contributed by atoms with Crippen molar-refractivity contribution in [2.75, 3.05) is 18.4 Å². The van der Waals surface area contributed by atoms with E-state index in [2.05, 4.69) is 9.71 Å². The maximum atomic E-state index is 13.4. The zero-order valence-corrected chi connectivity index (χ0v) is 16.2. The number of amidine groups is 1. The Bertz CT molecular complexity index is 1070. The highest BCUT2D eigenvalue weighted by Crippen LogP contribution is 2.30. The summed E-state index contributed by atoms with van der Waals surface area (Å²) in [5.41, 5.74) is 1.89. The van der Waals surface area contributed by atoms with Gasteiger partial charge in [-0.2, -0.15) is 8.42 Å². The summed E-state index contributed by atoms with van der Waals surface area (Å²) in [7, 11) is -3.65. The summed E-state index contributed by atoms with van der Waals surface area (Å²) in [5.74, 6) is -0.298. The van der Waals surface area contributed by atoms with E-state index < -0.39 is 15.8 Å². The Morgan fingerprint density at radius 3 is 2.64 bits per heavy atom. The van der Waals surface area contributed by atoms with Crippen molar-refractivity contribution in [3.8, 4) is 0 Å². The molecule has 2 heterocycles. The number of rotatable bonds is 2. The second-order valence-corrected chi connectivity index (χ2v) is 8.67. The van der Waals surface area contributed by atoms with Crippen LogP contribution >= 0.6 is 0 Å². The van der Waals surface area contributed by atoms with Gasteiger partial charge in [0.25, 0.3) is 10.0 Å². The van der Waals surface area contributed by atoms with Gasteiger partial charge in [-0.25, -0.2) is 4.39 Å². The number of hydrogen-bond donors (Lipinski definition) is 1. The average molecular weight is 401 g/mol. The molecule has 28 heavy (non-hydrogen) atoms. The summed E-state index contributed by atoms with van der Waals surface area (Å²) in [5, 5.41) is 2.81. The molecule has 4 rings (SSSR count). The first kappa shape index (κ1) is 18.6. The van der Waals surface area contributed by atoms with Crippen molar-refractivity contribution in [2.24, 2.45) is 10.3 Å². The van der Waals surface area contributed by atoms with Gasteiger partial charge in [0.1, 0.15) is 10.7 Å². The van der Waals surface area contributed by atoms with Gasteiger partial charge in [0.2, 0.25) is 5.91 Å². The average Bonchev–Trinajstić information content (AvgIpc) is 2.96. The fourth-order valence-electron chi connectivity index (χ4n) is 3.63. The van der Waals surface area contributed by atoms with Gasteiger partial charge in [0, 0.05) is 30.3 Å². The molecule has 2 aromatic rings. The van der Waals surface area contributed by atoms with Crippen molar-refractivity contribution in [2.45, 2.75) is 24.7 Å². The monoisotopic (exact) mass is 401 g/mol. The van der Waals surface area contributed by atoms with Crippen molar-refractivity contribution >= 4 is 27.5 Å². The Labute approximate surface area is 163 Å². The molecule has 0 spiro atoms. The number of hydrogen-bond acceptors (Lipinski definition) is 4. The number of amides is 1. The fourth-order valence-corrected chi connectivity index (χ4v) is 4.86. The number of sulfonamides is 1. The maximum absolute atomic E-state index is 13.4. The smallest absolute Gasteiger partial charge is 0.285 e. The first-order valence-corrected chi connectivity index (χ1v) is 10.6. The van der Waals surface area contributed by atoms with Gasteiger partial charge >= 0.3 is 0 Å². The molecule has 1 saturated heterocycles. The minimum atomic E-state index is -3.65. The van der Waals surface area contributed by atoms with Crippen LogP contribution in [-0.2, 0) is 14.8 Å². The molecule has 0 atom stereocenters. The van der Waals surface area contributed by atoms with Gasteiger partial charge in [-0.15, -0.1) is 4.40 Å². The Balaban J connectivity index is 1.44. The molecule has 1 N–H and O–H groups in total. The standard InChI is InChI=1S/C20H20FN3O3S/c1-13-6-7-15(21)12-17(13)22-20(25)14-8-10-24(11-9-14)19-16-4-2-3-5-18(16)28(26,27)23-19/h2-7,12,14H,8-11H2,1H3,(H,22,25). The second-order valence-electron chi connectivity index (χ2n) is 7.10. The van der Waals surface area contributed by atoms with Crippen LogP contribution in [-0.4, -0.2) is 38.2 Å². The minimum absolute atomic E-state index is 0.144. The molecule has 1 amide bonds. The summed E-state index contributed by atoms with van der Waals surface area (Å²) in [4.78, 5) is 14.7. The van der Waals surface area contributed by atoms with E-state index in [4.69, 9.17) is 0 Å². The van der Waals surface area contributed by atoms with Crippen LogP contribution in [0.15, 0.2) is 51.8 Å². The van der Waals surface area contributed by atoms with Crippen LogP contribution in [0.4, 0.5) is 10.1 Å². The number of benzene rings is 2. The predicted octanol–water partition coefficient (Wildman–Crippen LogP) is 2.93. The maximum Gasteiger partial charge on any atom is 0.285 e. The van der Waals surface area contributed by atoms with Crippen molar-refractivity contribution in [1.82, 2.24) is 4.90 Å². The Morgan fingerprint density at radius 1 is 1.18 bits per heavy atom. The molecule has 0 aromatic heterocycles. The van der Waals surface area contributed by atoms with Crippen molar-refractivity contribution in [3.05, 3.63) is 59.4 Å². The molecule has 2 aliphatic rings. The second kappa shape index (κ2) is 7.01. The van der Waals surface area contributed by atoms with E-state index >= 15 is 0 Å². The zero-order chi connectivity index (χ0) is 19.9. The van der Waals surface area contributed by atoms with Gasteiger partial charge < -0.3 is 10.2 Å². The SMILES string of the molecule is Cc1ccc(F)cc1NC(=O)C1CCN(C2=NS(=O)(=O)c3ccccc32)CC1. The van der Waals surface area contributed by atoms with Crippen molar-refractivity contribution in [1.29, 1.82) is 0 Å². The molecule has 0 aliphatic carbocycles. The van der Waals surface area contributed by atoms with E-state index in [-0.39, 0.29) is 16.7 Å². The van der Waals surface area contributed by atoms with E-state index in [9.17, 15) is 17.6 Å². The lowest BCUT2D eigenvalue weighted by Gasteiger charge is -2.32. The predicted molar refractivity (Wildman–Crippen MR) is 104 cm³/mol. The number of aryl methyl sites for hydroxylation is 1. The first-order chi connectivity index (χ1) is 13.3. The van der Waals surface area contributed by atoms with Gasteiger partial charge in [0.05, 0.1) is 0 Å². The third-order valence-electron chi connectivity index (χ3n) is 5.24. The number of carbonyl (C=O) groups excluding carboxylic acids is 1. The van der Waals surface area contributed by atoms with Crippen LogP contribution < -0.4 is 5.32 Å². The summed E-state index contributed by atoms with van der Waals surface area (Å²) in [6.07, 6.45) is 1.14. The molecule has 2 aromatic carbocycles. The number of piperidine rings is 1. The van der Waals surface area contributed by atoms with E-state index in [0.717, 1.165) is 5.56 Å². The summed E-state index contributed by atoms with van der Waals surface area (Å²) >= 11 is 0. The van der Waals surface area contributed by atoms with Crippen LogP contribution in [0.3, 0.4) is 0 Å². The van der Waals surface area contributed by atoms with Crippen molar-refractivity contribution in [3.63, 3.8) is 0 Å². The quantitative estimate of drug-likeness (QED) is 0.839.